The Morgan fingerprint density at radius 1 is 1.27 bits per heavy atom. The lowest BCUT2D eigenvalue weighted by Gasteiger charge is -2.12. The first-order chi connectivity index (χ1) is 10.6. The zero-order valence-electron chi connectivity index (χ0n) is 13.0. The molecule has 1 aromatic carbocycles. The van der Waals surface area contributed by atoms with Crippen molar-refractivity contribution >= 4 is 29.1 Å². The van der Waals surface area contributed by atoms with Crippen LogP contribution in [-0.2, 0) is 0 Å². The van der Waals surface area contributed by atoms with Crippen LogP contribution in [0.3, 0.4) is 0 Å². The van der Waals surface area contributed by atoms with E-state index >= 15 is 0 Å². The van der Waals surface area contributed by atoms with Gasteiger partial charge in [-0.2, -0.15) is 0 Å². The standard InChI is InChI=1S/C16H20N4OS/c1-12-17-10-13(11-22)16(18-12)19-14-4-6-15(7-5-14)21-9-8-20(2)3/h4-7,10-11H,8-9H2,1-3H3,(H,17,18,19). The Morgan fingerprint density at radius 3 is 2.64 bits per heavy atom. The highest BCUT2D eigenvalue weighted by Gasteiger charge is 2.04. The van der Waals surface area contributed by atoms with E-state index in [0.717, 1.165) is 23.5 Å². The molecule has 22 heavy (non-hydrogen) atoms. The van der Waals surface area contributed by atoms with Gasteiger partial charge in [0.1, 0.15) is 24.0 Å². The van der Waals surface area contributed by atoms with Crippen LogP contribution in [0.5, 0.6) is 5.75 Å². The Bertz CT molecular complexity index is 629. The van der Waals surface area contributed by atoms with E-state index in [1.54, 1.807) is 11.6 Å². The molecule has 0 saturated heterocycles. The van der Waals surface area contributed by atoms with E-state index in [1.165, 1.54) is 0 Å². The molecule has 2 rings (SSSR count). The van der Waals surface area contributed by atoms with E-state index in [9.17, 15) is 0 Å². The number of hydrogen-bond acceptors (Lipinski definition) is 6. The van der Waals surface area contributed by atoms with Crippen LogP contribution in [0.2, 0.25) is 0 Å². The summed E-state index contributed by atoms with van der Waals surface area (Å²) in [7, 11) is 4.04. The molecule has 0 radical (unpaired) electrons. The second-order valence-electron chi connectivity index (χ2n) is 5.14. The van der Waals surface area contributed by atoms with Gasteiger partial charge in [0.15, 0.2) is 0 Å². The molecule has 1 heterocycles. The van der Waals surface area contributed by atoms with Gasteiger partial charge in [0.25, 0.3) is 0 Å². The van der Waals surface area contributed by atoms with Crippen molar-refractivity contribution < 1.29 is 4.74 Å². The average molecular weight is 316 g/mol. The van der Waals surface area contributed by atoms with Crippen LogP contribution >= 0.6 is 12.2 Å². The molecule has 0 aliphatic heterocycles. The maximum atomic E-state index is 5.67. The van der Waals surface area contributed by atoms with Gasteiger partial charge in [-0.1, -0.05) is 12.2 Å². The molecule has 2 aromatic rings. The molecule has 0 spiro atoms. The van der Waals surface area contributed by atoms with Gasteiger partial charge in [-0.25, -0.2) is 9.97 Å². The normalized spacial score (nSPS) is 10.5. The minimum Gasteiger partial charge on any atom is -0.492 e. The van der Waals surface area contributed by atoms with Gasteiger partial charge in [-0.15, -0.1) is 0 Å². The van der Waals surface area contributed by atoms with Crippen molar-refractivity contribution in [2.24, 2.45) is 0 Å². The van der Waals surface area contributed by atoms with E-state index in [2.05, 4.69) is 20.2 Å². The Kier molecular flexibility index (Phi) is 5.80. The van der Waals surface area contributed by atoms with Gasteiger partial charge in [0.2, 0.25) is 0 Å². The molecule has 0 atom stereocenters. The highest BCUT2D eigenvalue weighted by atomic mass is 32.1. The van der Waals surface area contributed by atoms with Crippen molar-refractivity contribution in [3.63, 3.8) is 0 Å². The third-order valence-electron chi connectivity index (χ3n) is 2.99. The summed E-state index contributed by atoms with van der Waals surface area (Å²) >= 11 is 4.99. The molecule has 5 nitrogen and oxygen atoms in total. The van der Waals surface area contributed by atoms with Crippen LogP contribution in [0.1, 0.15) is 11.4 Å². The molecular weight excluding hydrogens is 296 g/mol. The zero-order chi connectivity index (χ0) is 15.9. The van der Waals surface area contributed by atoms with Crippen LogP contribution in [0.4, 0.5) is 11.5 Å². The van der Waals surface area contributed by atoms with E-state index in [0.29, 0.717) is 18.2 Å². The van der Waals surface area contributed by atoms with E-state index < -0.39 is 0 Å². The Morgan fingerprint density at radius 2 is 2.00 bits per heavy atom. The first-order valence-electron chi connectivity index (χ1n) is 7.02. The summed E-state index contributed by atoms with van der Waals surface area (Å²) in [4.78, 5) is 10.6. The van der Waals surface area contributed by atoms with E-state index in [-0.39, 0.29) is 0 Å². The van der Waals surface area contributed by atoms with Crippen molar-refractivity contribution in [2.75, 3.05) is 32.6 Å². The summed E-state index contributed by atoms with van der Waals surface area (Å²) in [5.74, 6) is 2.26. The first kappa shape index (κ1) is 16.3. The number of likely N-dealkylation sites (N-methyl/N-ethyl adjacent to an activating group) is 1. The molecule has 0 fully saturated rings. The molecule has 0 aliphatic carbocycles. The first-order valence-corrected chi connectivity index (χ1v) is 7.49. The highest BCUT2D eigenvalue weighted by Crippen LogP contribution is 2.20. The highest BCUT2D eigenvalue weighted by molar-refractivity contribution is 7.79. The number of nitrogens with zero attached hydrogens (tertiary/aromatic N) is 3. The number of ether oxygens (including phenoxy) is 1. The van der Waals surface area contributed by atoms with Crippen molar-refractivity contribution in [3.05, 3.63) is 41.9 Å². The van der Waals surface area contributed by atoms with Crippen LogP contribution in [-0.4, -0.2) is 47.5 Å². The number of benzene rings is 1. The third kappa shape index (κ3) is 4.75. The Labute approximate surface area is 136 Å². The Hall–Kier alpha value is -2.05. The second-order valence-corrected chi connectivity index (χ2v) is 5.38. The number of nitrogens with one attached hydrogen (secondary N) is 1. The third-order valence-corrected chi connectivity index (χ3v) is 3.24. The van der Waals surface area contributed by atoms with Crippen LogP contribution in [0.25, 0.3) is 0 Å². The van der Waals surface area contributed by atoms with Gasteiger partial charge in [0.05, 0.1) is 0 Å². The van der Waals surface area contributed by atoms with E-state index in [4.69, 9.17) is 17.0 Å². The molecule has 0 saturated carbocycles. The summed E-state index contributed by atoms with van der Waals surface area (Å²) in [5.41, 5.74) is 1.73. The molecule has 1 N–H and O–H groups in total. The summed E-state index contributed by atoms with van der Waals surface area (Å²) in [6, 6.07) is 7.78. The number of hydrogen-bond donors (Lipinski definition) is 1. The monoisotopic (exact) mass is 316 g/mol. The molecule has 1 aromatic heterocycles. The number of anilines is 2. The van der Waals surface area contributed by atoms with Crippen molar-refractivity contribution in [3.8, 4) is 5.75 Å². The summed E-state index contributed by atoms with van der Waals surface area (Å²) in [5, 5.41) is 4.82. The fraction of sp³-hybridized carbons (Fsp3) is 0.312. The summed E-state index contributed by atoms with van der Waals surface area (Å²) < 4.78 is 5.67. The lowest BCUT2D eigenvalue weighted by molar-refractivity contribution is 0.261. The van der Waals surface area contributed by atoms with Crippen LogP contribution in [0.15, 0.2) is 30.5 Å². The minimum atomic E-state index is 0.667. The van der Waals surface area contributed by atoms with Crippen molar-refractivity contribution in [1.29, 1.82) is 0 Å². The van der Waals surface area contributed by atoms with E-state index in [1.807, 2.05) is 45.3 Å². The zero-order valence-corrected chi connectivity index (χ0v) is 13.9. The predicted octanol–water partition coefficient (Wildman–Crippen LogP) is 2.82. The van der Waals surface area contributed by atoms with Crippen LogP contribution < -0.4 is 10.1 Å². The second kappa shape index (κ2) is 7.82. The molecule has 116 valence electrons. The number of aryl methyl sites for hydroxylation is 1. The van der Waals surface area contributed by atoms with Gasteiger partial charge in [-0.3, -0.25) is 0 Å². The quantitative estimate of drug-likeness (QED) is 0.793. The fourth-order valence-corrected chi connectivity index (χ4v) is 1.96. The average Bonchev–Trinajstić information content (AvgIpc) is 2.49. The molecule has 0 amide bonds. The predicted molar refractivity (Wildman–Crippen MR) is 93.3 cm³/mol. The minimum absolute atomic E-state index is 0.667. The van der Waals surface area contributed by atoms with Crippen molar-refractivity contribution in [2.45, 2.75) is 6.92 Å². The number of thiocarbonyl (C=S) groups is 1. The molecule has 6 heteroatoms. The van der Waals surface area contributed by atoms with Gasteiger partial charge in [0, 0.05) is 29.4 Å². The topological polar surface area (TPSA) is 50.3 Å². The molecule has 0 bridgehead atoms. The number of aromatic nitrogens is 2. The SMILES string of the molecule is Cc1ncc(C=S)c(Nc2ccc(OCCN(C)C)cc2)n1. The van der Waals surface area contributed by atoms with Gasteiger partial charge < -0.3 is 15.0 Å². The van der Waals surface area contributed by atoms with Gasteiger partial charge in [-0.05, 0) is 45.3 Å². The summed E-state index contributed by atoms with van der Waals surface area (Å²) in [6.07, 6.45) is 1.72. The maximum absolute atomic E-state index is 5.67. The largest absolute Gasteiger partial charge is 0.492 e. The maximum Gasteiger partial charge on any atom is 0.142 e. The lowest BCUT2D eigenvalue weighted by Crippen LogP contribution is -2.19. The number of rotatable bonds is 7. The van der Waals surface area contributed by atoms with Gasteiger partial charge >= 0.3 is 0 Å². The Balaban J connectivity index is 2.02. The van der Waals surface area contributed by atoms with Crippen LogP contribution in [0, 0.1) is 6.92 Å². The fourth-order valence-electron chi connectivity index (χ4n) is 1.78. The summed E-state index contributed by atoms with van der Waals surface area (Å²) in [6.45, 7) is 3.40. The molecular formula is C16H20N4OS. The smallest absolute Gasteiger partial charge is 0.142 e. The lowest BCUT2D eigenvalue weighted by atomic mass is 10.2. The van der Waals surface area contributed by atoms with Crippen molar-refractivity contribution in [1.82, 2.24) is 14.9 Å². The molecule has 0 aliphatic rings. The molecule has 0 unspecified atom stereocenters.